The van der Waals surface area contributed by atoms with Crippen LogP contribution in [0.5, 0.6) is 0 Å². The van der Waals surface area contributed by atoms with Crippen molar-refractivity contribution in [3.05, 3.63) is 29.8 Å². The Kier molecular flexibility index (Phi) is 6.49. The SMILES string of the molecule is CC1CCC(C(=O)Nc2cccc(CN3CCC(CO)CC3)c2)CC1. The quantitative estimate of drug-likeness (QED) is 0.857. The summed E-state index contributed by atoms with van der Waals surface area (Å²) in [5, 5.41) is 12.4. The van der Waals surface area contributed by atoms with Crippen molar-refractivity contribution in [1.29, 1.82) is 0 Å². The van der Waals surface area contributed by atoms with Gasteiger partial charge in [0.2, 0.25) is 5.91 Å². The van der Waals surface area contributed by atoms with E-state index in [1.807, 2.05) is 12.1 Å². The van der Waals surface area contributed by atoms with E-state index in [0.717, 1.165) is 56.9 Å². The Morgan fingerprint density at radius 1 is 1.16 bits per heavy atom. The van der Waals surface area contributed by atoms with Gasteiger partial charge in [0.1, 0.15) is 0 Å². The summed E-state index contributed by atoms with van der Waals surface area (Å²) in [4.78, 5) is 14.9. The fourth-order valence-electron chi connectivity index (χ4n) is 4.10. The molecule has 0 aromatic heterocycles. The Morgan fingerprint density at radius 3 is 2.56 bits per heavy atom. The summed E-state index contributed by atoms with van der Waals surface area (Å²) in [5.74, 6) is 1.60. The number of nitrogens with zero attached hydrogens (tertiary/aromatic N) is 1. The predicted molar refractivity (Wildman–Crippen MR) is 101 cm³/mol. The van der Waals surface area contributed by atoms with Gasteiger partial charge < -0.3 is 10.4 Å². The summed E-state index contributed by atoms with van der Waals surface area (Å²) in [5.41, 5.74) is 2.17. The molecule has 1 saturated heterocycles. The van der Waals surface area contributed by atoms with Crippen molar-refractivity contribution in [3.63, 3.8) is 0 Å². The summed E-state index contributed by atoms with van der Waals surface area (Å²) in [6.07, 6.45) is 6.53. The van der Waals surface area contributed by atoms with E-state index in [9.17, 15) is 9.90 Å². The Balaban J connectivity index is 1.52. The summed E-state index contributed by atoms with van der Waals surface area (Å²) < 4.78 is 0. The van der Waals surface area contributed by atoms with Gasteiger partial charge in [-0.2, -0.15) is 0 Å². The zero-order valence-electron chi connectivity index (χ0n) is 15.4. The largest absolute Gasteiger partial charge is 0.396 e. The molecule has 1 amide bonds. The number of amides is 1. The van der Waals surface area contributed by atoms with Crippen LogP contribution in [-0.4, -0.2) is 35.6 Å². The third kappa shape index (κ3) is 5.29. The molecule has 4 heteroatoms. The molecule has 0 atom stereocenters. The van der Waals surface area contributed by atoms with Gasteiger partial charge in [0.05, 0.1) is 0 Å². The van der Waals surface area contributed by atoms with E-state index in [-0.39, 0.29) is 11.8 Å². The topological polar surface area (TPSA) is 52.6 Å². The van der Waals surface area contributed by atoms with Crippen molar-refractivity contribution in [3.8, 4) is 0 Å². The van der Waals surface area contributed by atoms with Crippen molar-refractivity contribution in [2.75, 3.05) is 25.0 Å². The van der Waals surface area contributed by atoms with E-state index in [1.54, 1.807) is 0 Å². The number of carbonyl (C=O) groups excluding carboxylic acids is 1. The number of anilines is 1. The third-order valence-corrected chi connectivity index (χ3v) is 5.95. The molecule has 1 aromatic carbocycles. The van der Waals surface area contributed by atoms with Crippen LogP contribution in [0.4, 0.5) is 5.69 Å². The summed E-state index contributed by atoms with van der Waals surface area (Å²) in [6, 6.07) is 8.27. The van der Waals surface area contributed by atoms with Gasteiger partial charge in [0, 0.05) is 24.8 Å². The highest BCUT2D eigenvalue weighted by Gasteiger charge is 2.24. The number of nitrogens with one attached hydrogen (secondary N) is 1. The number of aliphatic hydroxyl groups excluding tert-OH is 1. The number of hydrogen-bond donors (Lipinski definition) is 2. The molecule has 1 aliphatic heterocycles. The van der Waals surface area contributed by atoms with Gasteiger partial charge in [0.15, 0.2) is 0 Å². The zero-order valence-corrected chi connectivity index (χ0v) is 15.4. The van der Waals surface area contributed by atoms with E-state index in [0.29, 0.717) is 12.5 Å². The van der Waals surface area contributed by atoms with E-state index in [4.69, 9.17) is 0 Å². The number of piperidine rings is 1. The highest BCUT2D eigenvalue weighted by molar-refractivity contribution is 5.92. The van der Waals surface area contributed by atoms with Crippen LogP contribution >= 0.6 is 0 Å². The molecular formula is C21H32N2O2. The molecule has 1 aliphatic carbocycles. The summed E-state index contributed by atoms with van der Waals surface area (Å²) in [7, 11) is 0. The molecule has 2 aliphatic rings. The van der Waals surface area contributed by atoms with Crippen molar-refractivity contribution >= 4 is 11.6 Å². The molecule has 25 heavy (non-hydrogen) atoms. The van der Waals surface area contributed by atoms with Crippen LogP contribution in [0.25, 0.3) is 0 Å². The minimum absolute atomic E-state index is 0.178. The van der Waals surface area contributed by atoms with Gasteiger partial charge in [0.25, 0.3) is 0 Å². The molecule has 2 fully saturated rings. The fourth-order valence-corrected chi connectivity index (χ4v) is 4.10. The van der Waals surface area contributed by atoms with Crippen molar-refractivity contribution in [2.45, 2.75) is 52.0 Å². The van der Waals surface area contributed by atoms with Crippen LogP contribution in [0.15, 0.2) is 24.3 Å². The number of rotatable bonds is 5. The first-order valence-electron chi connectivity index (χ1n) is 9.87. The van der Waals surface area contributed by atoms with Crippen molar-refractivity contribution in [2.24, 2.45) is 17.8 Å². The lowest BCUT2D eigenvalue weighted by Gasteiger charge is -2.31. The molecule has 138 valence electrons. The number of hydrogen-bond acceptors (Lipinski definition) is 3. The fraction of sp³-hybridized carbons (Fsp3) is 0.667. The second-order valence-electron chi connectivity index (χ2n) is 8.05. The van der Waals surface area contributed by atoms with Gasteiger partial charge >= 0.3 is 0 Å². The first kappa shape index (κ1) is 18.4. The van der Waals surface area contributed by atoms with Gasteiger partial charge in [-0.25, -0.2) is 0 Å². The van der Waals surface area contributed by atoms with Gasteiger partial charge in [-0.3, -0.25) is 9.69 Å². The number of benzene rings is 1. The van der Waals surface area contributed by atoms with Gasteiger partial charge in [-0.1, -0.05) is 19.1 Å². The number of carbonyl (C=O) groups is 1. The van der Waals surface area contributed by atoms with Gasteiger partial charge in [-0.15, -0.1) is 0 Å². The number of likely N-dealkylation sites (tertiary alicyclic amines) is 1. The maximum atomic E-state index is 12.5. The third-order valence-electron chi connectivity index (χ3n) is 5.95. The van der Waals surface area contributed by atoms with E-state index in [2.05, 4.69) is 29.3 Å². The molecule has 0 spiro atoms. The van der Waals surface area contributed by atoms with Crippen LogP contribution in [-0.2, 0) is 11.3 Å². The zero-order chi connectivity index (χ0) is 17.6. The molecule has 1 saturated carbocycles. The molecule has 1 heterocycles. The minimum atomic E-state index is 0.178. The lowest BCUT2D eigenvalue weighted by molar-refractivity contribution is -0.121. The monoisotopic (exact) mass is 344 g/mol. The minimum Gasteiger partial charge on any atom is -0.396 e. The normalized spacial score (nSPS) is 25.7. The Bertz CT molecular complexity index is 559. The van der Waals surface area contributed by atoms with E-state index >= 15 is 0 Å². The highest BCUT2D eigenvalue weighted by Crippen LogP contribution is 2.29. The van der Waals surface area contributed by atoms with Crippen LogP contribution < -0.4 is 5.32 Å². The van der Waals surface area contributed by atoms with E-state index in [1.165, 1.54) is 18.4 Å². The second kappa shape index (κ2) is 8.81. The van der Waals surface area contributed by atoms with Crippen molar-refractivity contribution < 1.29 is 9.90 Å². The van der Waals surface area contributed by atoms with E-state index < -0.39 is 0 Å². The lowest BCUT2D eigenvalue weighted by atomic mass is 9.82. The number of aliphatic hydroxyl groups is 1. The first-order chi connectivity index (χ1) is 12.1. The summed E-state index contributed by atoms with van der Waals surface area (Å²) >= 11 is 0. The Hall–Kier alpha value is -1.39. The Morgan fingerprint density at radius 2 is 1.88 bits per heavy atom. The van der Waals surface area contributed by atoms with Crippen LogP contribution in [0.3, 0.4) is 0 Å². The molecule has 3 rings (SSSR count). The van der Waals surface area contributed by atoms with Crippen LogP contribution in [0.1, 0.15) is 51.0 Å². The maximum absolute atomic E-state index is 12.5. The maximum Gasteiger partial charge on any atom is 0.227 e. The molecular weight excluding hydrogens is 312 g/mol. The standard InChI is InChI=1S/C21H32N2O2/c1-16-5-7-19(8-6-16)21(25)22-20-4-2-3-18(13-20)14-23-11-9-17(15-24)10-12-23/h2-4,13,16-17,19,24H,5-12,14-15H2,1H3,(H,22,25). The molecule has 0 unspecified atom stereocenters. The molecule has 0 bridgehead atoms. The Labute approximate surface area is 151 Å². The second-order valence-corrected chi connectivity index (χ2v) is 8.05. The first-order valence-corrected chi connectivity index (χ1v) is 9.87. The average molecular weight is 344 g/mol. The predicted octanol–water partition coefficient (Wildman–Crippen LogP) is 3.66. The average Bonchev–Trinajstić information content (AvgIpc) is 2.63. The molecule has 0 radical (unpaired) electrons. The van der Waals surface area contributed by atoms with Gasteiger partial charge in [-0.05, 0) is 81.1 Å². The highest BCUT2D eigenvalue weighted by atomic mass is 16.3. The van der Waals surface area contributed by atoms with Crippen molar-refractivity contribution in [1.82, 2.24) is 4.90 Å². The lowest BCUT2D eigenvalue weighted by Crippen LogP contribution is -2.34. The molecule has 1 aromatic rings. The molecule has 4 nitrogen and oxygen atoms in total. The smallest absolute Gasteiger partial charge is 0.227 e. The summed E-state index contributed by atoms with van der Waals surface area (Å²) in [6.45, 7) is 5.60. The molecule has 2 N–H and O–H groups in total. The van der Waals surface area contributed by atoms with Crippen LogP contribution in [0.2, 0.25) is 0 Å². The van der Waals surface area contributed by atoms with Crippen LogP contribution in [0, 0.1) is 17.8 Å².